The van der Waals surface area contributed by atoms with E-state index in [-0.39, 0.29) is 36.3 Å². The highest BCUT2D eigenvalue weighted by Gasteiger charge is 2.32. The Morgan fingerprint density at radius 3 is 2.24 bits per heavy atom. The molecular formula is C32H55N3O6S. The van der Waals surface area contributed by atoms with Gasteiger partial charge in [-0.3, -0.25) is 9.59 Å². The molecule has 5 atom stereocenters. The van der Waals surface area contributed by atoms with E-state index in [4.69, 9.17) is 0 Å². The third-order valence-electron chi connectivity index (χ3n) is 8.19. The van der Waals surface area contributed by atoms with E-state index >= 15 is 0 Å². The van der Waals surface area contributed by atoms with E-state index in [9.17, 15) is 28.2 Å². The van der Waals surface area contributed by atoms with Crippen LogP contribution in [0.4, 0.5) is 0 Å². The zero-order chi connectivity index (χ0) is 31.3. The molecule has 42 heavy (non-hydrogen) atoms. The summed E-state index contributed by atoms with van der Waals surface area (Å²) in [6.45, 7) is 6.07. The van der Waals surface area contributed by atoms with Crippen molar-refractivity contribution in [2.75, 3.05) is 38.7 Å². The van der Waals surface area contributed by atoms with Crippen molar-refractivity contribution < 1.29 is 28.2 Å². The van der Waals surface area contributed by atoms with Crippen LogP contribution in [0.5, 0.6) is 0 Å². The number of hydrogen-bond donors (Lipinski definition) is 4. The number of amides is 2. The highest BCUT2D eigenvalue weighted by atomic mass is 32.2. The monoisotopic (exact) mass is 609 g/mol. The molecule has 3 unspecified atom stereocenters. The number of aliphatic hydroxyl groups is 2. The number of carbonyl (C=O) groups excluding carboxylic acids is 2. The van der Waals surface area contributed by atoms with Crippen LogP contribution in [0, 0.1) is 23.7 Å². The Bertz CT molecular complexity index is 1040. The highest BCUT2D eigenvalue weighted by Crippen LogP contribution is 2.29. The quantitative estimate of drug-likeness (QED) is 0.201. The molecule has 1 saturated carbocycles. The predicted octanol–water partition coefficient (Wildman–Crippen LogP) is 2.80. The Balaban J connectivity index is 2.06. The van der Waals surface area contributed by atoms with Gasteiger partial charge in [0.2, 0.25) is 11.8 Å². The van der Waals surface area contributed by atoms with Crippen LogP contribution in [0.15, 0.2) is 30.3 Å². The van der Waals surface area contributed by atoms with Crippen molar-refractivity contribution in [3.8, 4) is 0 Å². The molecule has 0 aromatic heterocycles. The van der Waals surface area contributed by atoms with Crippen molar-refractivity contribution in [2.45, 2.75) is 90.4 Å². The third-order valence-corrected chi connectivity index (χ3v) is 9.90. The average molecular weight is 610 g/mol. The van der Waals surface area contributed by atoms with E-state index in [1.165, 1.54) is 6.42 Å². The minimum atomic E-state index is -3.49. The maximum Gasteiger partial charge on any atom is 0.224 e. The molecule has 1 aromatic rings. The van der Waals surface area contributed by atoms with Gasteiger partial charge in [-0.2, -0.15) is 0 Å². The fraction of sp³-hybridized carbons (Fsp3) is 0.750. The fourth-order valence-electron chi connectivity index (χ4n) is 5.61. The second-order valence-corrected chi connectivity index (χ2v) is 15.2. The predicted molar refractivity (Wildman–Crippen MR) is 168 cm³/mol. The summed E-state index contributed by atoms with van der Waals surface area (Å²) in [5.41, 5.74) is 0.866. The Hall–Kier alpha value is -2.01. The van der Waals surface area contributed by atoms with Gasteiger partial charge in [-0.1, -0.05) is 83.2 Å². The van der Waals surface area contributed by atoms with E-state index in [1.807, 2.05) is 44.2 Å². The van der Waals surface area contributed by atoms with Gasteiger partial charge in [0.15, 0.2) is 9.84 Å². The van der Waals surface area contributed by atoms with Crippen molar-refractivity contribution in [1.29, 1.82) is 0 Å². The zero-order valence-corrected chi connectivity index (χ0v) is 27.1. The maximum atomic E-state index is 13.3. The first-order chi connectivity index (χ1) is 19.8. The Morgan fingerprint density at radius 1 is 1.00 bits per heavy atom. The lowest BCUT2D eigenvalue weighted by molar-refractivity contribution is -0.128. The fourth-order valence-corrected chi connectivity index (χ4v) is 7.30. The summed E-state index contributed by atoms with van der Waals surface area (Å²) in [5.74, 6) is -1.85. The Kier molecular flexibility index (Phi) is 15.5. The van der Waals surface area contributed by atoms with Gasteiger partial charge in [-0.25, -0.2) is 8.42 Å². The van der Waals surface area contributed by atoms with E-state index in [2.05, 4.69) is 10.6 Å². The van der Waals surface area contributed by atoms with Gasteiger partial charge in [0.25, 0.3) is 0 Å². The first kappa shape index (κ1) is 36.2. The van der Waals surface area contributed by atoms with Gasteiger partial charge in [-0.15, -0.1) is 0 Å². The lowest BCUT2D eigenvalue weighted by atomic mass is 9.82. The first-order valence-electron chi connectivity index (χ1n) is 15.6. The van der Waals surface area contributed by atoms with Crippen LogP contribution in [0.3, 0.4) is 0 Å². The van der Waals surface area contributed by atoms with Gasteiger partial charge < -0.3 is 25.7 Å². The molecule has 0 bridgehead atoms. The number of carbonyl (C=O) groups is 2. The van der Waals surface area contributed by atoms with Gasteiger partial charge in [-0.05, 0) is 50.8 Å². The van der Waals surface area contributed by atoms with Crippen molar-refractivity contribution in [2.24, 2.45) is 23.7 Å². The number of aliphatic hydroxyl groups excluding tert-OH is 2. The van der Waals surface area contributed by atoms with E-state index in [1.54, 1.807) is 25.9 Å². The largest absolute Gasteiger partial charge is 0.390 e. The summed E-state index contributed by atoms with van der Waals surface area (Å²) in [6.07, 6.45) is 4.85. The molecule has 1 fully saturated rings. The number of hydrogen-bond acceptors (Lipinski definition) is 7. The zero-order valence-electron chi connectivity index (χ0n) is 26.3. The molecule has 0 heterocycles. The van der Waals surface area contributed by atoms with Gasteiger partial charge in [0, 0.05) is 13.1 Å². The maximum absolute atomic E-state index is 13.3. The Labute approximate surface area is 253 Å². The van der Waals surface area contributed by atoms with Crippen LogP contribution in [0.25, 0.3) is 0 Å². The van der Waals surface area contributed by atoms with E-state index < -0.39 is 45.8 Å². The smallest absolute Gasteiger partial charge is 0.224 e. The Morgan fingerprint density at radius 2 is 1.64 bits per heavy atom. The van der Waals surface area contributed by atoms with Gasteiger partial charge >= 0.3 is 0 Å². The summed E-state index contributed by atoms with van der Waals surface area (Å²) in [4.78, 5) is 28.3. The van der Waals surface area contributed by atoms with E-state index in [0.717, 1.165) is 31.2 Å². The first-order valence-corrected chi connectivity index (χ1v) is 17.4. The van der Waals surface area contributed by atoms with Crippen LogP contribution in [0.2, 0.25) is 0 Å². The van der Waals surface area contributed by atoms with Crippen LogP contribution < -0.4 is 10.6 Å². The number of nitrogens with zero attached hydrogens (tertiary/aromatic N) is 1. The summed E-state index contributed by atoms with van der Waals surface area (Å²) in [7, 11) is 0.125. The molecule has 240 valence electrons. The SMILES string of the molecule is CC(C)C[C@H](O)C(O)[C@H](CC1CCCCC1)NC(=O)C(C)CNC(=O)C(Cc1ccccc1)CS(=O)(=O)CCN(C)C. The highest BCUT2D eigenvalue weighted by molar-refractivity contribution is 7.91. The lowest BCUT2D eigenvalue weighted by Crippen LogP contribution is -2.52. The topological polar surface area (TPSA) is 136 Å². The molecule has 0 aliphatic heterocycles. The molecule has 1 aliphatic carbocycles. The molecule has 0 radical (unpaired) electrons. The summed E-state index contributed by atoms with van der Waals surface area (Å²) < 4.78 is 25.7. The standard InChI is InChI=1S/C32H55N3O6S/c1-23(2)18-29(36)30(37)28(20-26-14-10-7-11-15-26)34-31(38)24(3)21-33-32(39)27(19-25-12-8-6-9-13-25)22-42(40,41)17-16-35(4)5/h6,8-9,12-13,23-24,26-30,36-37H,7,10-11,14-22H2,1-5H3,(H,33,39)(H,34,38)/t24?,27?,28-,29-,30?/m0/s1. The number of benzene rings is 1. The van der Waals surface area contributed by atoms with Crippen molar-refractivity contribution in [3.05, 3.63) is 35.9 Å². The van der Waals surface area contributed by atoms with Crippen LogP contribution >= 0.6 is 0 Å². The molecule has 2 rings (SSSR count). The van der Waals surface area contributed by atoms with E-state index in [0.29, 0.717) is 25.3 Å². The number of sulfone groups is 1. The second-order valence-electron chi connectivity index (χ2n) is 13.0. The molecule has 10 heteroatoms. The van der Waals surface area contributed by atoms with Crippen LogP contribution in [-0.4, -0.2) is 92.3 Å². The normalized spacial score (nSPS) is 18.3. The third kappa shape index (κ3) is 13.5. The van der Waals surface area contributed by atoms with Crippen molar-refractivity contribution >= 4 is 21.7 Å². The number of rotatable bonds is 18. The summed E-state index contributed by atoms with van der Waals surface area (Å²) in [5, 5.41) is 27.5. The molecule has 2 amide bonds. The lowest BCUT2D eigenvalue weighted by Gasteiger charge is -2.33. The molecule has 9 nitrogen and oxygen atoms in total. The minimum absolute atomic E-state index is 0.0362. The van der Waals surface area contributed by atoms with Crippen molar-refractivity contribution in [1.82, 2.24) is 15.5 Å². The molecule has 1 aliphatic rings. The van der Waals surface area contributed by atoms with Crippen molar-refractivity contribution in [3.63, 3.8) is 0 Å². The van der Waals surface area contributed by atoms with Gasteiger partial charge in [0.05, 0.1) is 35.5 Å². The molecule has 0 saturated heterocycles. The van der Waals surface area contributed by atoms with Gasteiger partial charge in [0.1, 0.15) is 6.10 Å². The molecular weight excluding hydrogens is 554 g/mol. The van der Waals surface area contributed by atoms with Crippen LogP contribution in [-0.2, 0) is 25.8 Å². The summed E-state index contributed by atoms with van der Waals surface area (Å²) in [6, 6.07) is 8.73. The summed E-state index contributed by atoms with van der Waals surface area (Å²) >= 11 is 0. The second kappa shape index (κ2) is 18.0. The minimum Gasteiger partial charge on any atom is -0.390 e. The van der Waals surface area contributed by atoms with Crippen LogP contribution in [0.1, 0.15) is 71.3 Å². The molecule has 4 N–H and O–H groups in total. The molecule has 1 aromatic carbocycles. The average Bonchev–Trinajstić information content (AvgIpc) is 2.94. The molecule has 0 spiro atoms. The number of nitrogens with one attached hydrogen (secondary N) is 2.